The van der Waals surface area contributed by atoms with Crippen LogP contribution in [0.1, 0.15) is 6.42 Å². The van der Waals surface area contributed by atoms with Gasteiger partial charge >= 0.3 is 0 Å². The summed E-state index contributed by atoms with van der Waals surface area (Å²) in [6.07, 6.45) is 6.17. The topological polar surface area (TPSA) is 3.24 Å². The van der Waals surface area contributed by atoms with Gasteiger partial charge in [-0.2, -0.15) is 0 Å². The number of nitrogens with zero attached hydrogens (tertiary/aromatic N) is 1. The first-order valence-corrected chi connectivity index (χ1v) is 2.16. The second-order valence-electron chi connectivity index (χ2n) is 1.56. The lowest BCUT2D eigenvalue weighted by molar-refractivity contribution is 0.496. The van der Waals surface area contributed by atoms with E-state index < -0.39 is 0 Å². The van der Waals surface area contributed by atoms with Crippen molar-refractivity contribution in [2.75, 3.05) is 13.6 Å². The quantitative estimate of drug-likeness (QED) is 0.414. The molecule has 1 rings (SSSR count). The summed E-state index contributed by atoms with van der Waals surface area (Å²) in [5, 5.41) is 0. The van der Waals surface area contributed by atoms with E-state index in [2.05, 4.69) is 18.0 Å². The third kappa shape index (κ3) is 0.534. The second-order valence-corrected chi connectivity index (χ2v) is 1.56. The molecule has 0 saturated heterocycles. The van der Waals surface area contributed by atoms with E-state index in [1.54, 1.807) is 0 Å². The molecule has 0 bridgehead atoms. The Bertz CT molecular complexity index is 66.3. The fourth-order valence-electron chi connectivity index (χ4n) is 0.526. The number of hydrogen-bond acceptors (Lipinski definition) is 1. The molecule has 33 valence electrons. The number of hydrogen-bond donors (Lipinski definition) is 0. The first kappa shape index (κ1) is 3.72. The molecule has 1 aliphatic heterocycles. The van der Waals surface area contributed by atoms with Crippen LogP contribution >= 0.6 is 0 Å². The van der Waals surface area contributed by atoms with Crippen LogP contribution < -0.4 is 0 Å². The van der Waals surface area contributed by atoms with Gasteiger partial charge < -0.3 is 4.90 Å². The molecule has 0 aromatic carbocycles. The van der Waals surface area contributed by atoms with Crippen LogP contribution in [0.2, 0.25) is 0 Å². The lowest BCUT2D eigenvalue weighted by Crippen LogP contribution is -2.04. The van der Waals surface area contributed by atoms with Crippen LogP contribution in [0.25, 0.3) is 0 Å². The second kappa shape index (κ2) is 1.33. The summed E-state index contributed by atoms with van der Waals surface area (Å²) in [6.45, 7) is 1.15. The van der Waals surface area contributed by atoms with Crippen molar-refractivity contribution in [2.24, 2.45) is 0 Å². The van der Waals surface area contributed by atoms with E-state index in [1.165, 1.54) is 0 Å². The molecule has 0 N–H and O–H groups in total. The van der Waals surface area contributed by atoms with E-state index in [1.807, 2.05) is 6.20 Å². The standard InChI is InChI=1S/C5H8N/c1-6-4-2-3-5-6/h5H,2,4H2,1H3. The average molecular weight is 82.1 g/mol. The summed E-state index contributed by atoms with van der Waals surface area (Å²) >= 11 is 0. The Labute approximate surface area is 38.3 Å². The van der Waals surface area contributed by atoms with Crippen LogP contribution in [0.4, 0.5) is 0 Å². The van der Waals surface area contributed by atoms with E-state index in [4.69, 9.17) is 0 Å². The Morgan fingerprint density at radius 3 is 2.83 bits per heavy atom. The van der Waals surface area contributed by atoms with Crippen molar-refractivity contribution in [1.29, 1.82) is 0 Å². The van der Waals surface area contributed by atoms with Gasteiger partial charge in [0, 0.05) is 19.8 Å². The summed E-state index contributed by atoms with van der Waals surface area (Å²) in [6, 6.07) is 0. The van der Waals surface area contributed by atoms with Crippen molar-refractivity contribution in [1.82, 2.24) is 4.90 Å². The summed E-state index contributed by atoms with van der Waals surface area (Å²) in [4.78, 5) is 2.12. The normalized spacial score (nSPS) is 19.8. The van der Waals surface area contributed by atoms with Crippen molar-refractivity contribution in [3.63, 3.8) is 0 Å². The molecule has 0 amide bonds. The van der Waals surface area contributed by atoms with E-state index >= 15 is 0 Å². The third-order valence-electron chi connectivity index (χ3n) is 0.921. The molecule has 0 fully saturated rings. The molecule has 1 heterocycles. The molecule has 0 aromatic rings. The van der Waals surface area contributed by atoms with Crippen LogP contribution in [0.3, 0.4) is 0 Å². The van der Waals surface area contributed by atoms with Crippen LogP contribution in [0.5, 0.6) is 0 Å². The van der Waals surface area contributed by atoms with Gasteiger partial charge in [-0.25, -0.2) is 0 Å². The summed E-state index contributed by atoms with van der Waals surface area (Å²) in [7, 11) is 2.06. The summed E-state index contributed by atoms with van der Waals surface area (Å²) in [5.74, 6) is 0. The van der Waals surface area contributed by atoms with Crippen molar-refractivity contribution >= 4 is 0 Å². The number of rotatable bonds is 0. The molecule has 1 nitrogen and oxygen atoms in total. The van der Waals surface area contributed by atoms with Crippen LogP contribution in [-0.2, 0) is 0 Å². The molecular formula is C5H8N. The predicted octanol–water partition coefficient (Wildman–Crippen LogP) is 0.639. The Kier molecular flexibility index (Phi) is 0.825. The highest BCUT2D eigenvalue weighted by Gasteiger charge is 1.93. The smallest absolute Gasteiger partial charge is 0.0210 e. The molecule has 1 heteroatoms. The molecule has 6 heavy (non-hydrogen) atoms. The van der Waals surface area contributed by atoms with Crippen molar-refractivity contribution < 1.29 is 0 Å². The van der Waals surface area contributed by atoms with Gasteiger partial charge in [-0.05, 0) is 12.5 Å². The van der Waals surface area contributed by atoms with Crippen molar-refractivity contribution in [2.45, 2.75) is 6.42 Å². The molecule has 0 saturated carbocycles. The molecule has 0 unspecified atom stereocenters. The van der Waals surface area contributed by atoms with Gasteiger partial charge in [0.1, 0.15) is 0 Å². The maximum Gasteiger partial charge on any atom is 0.0210 e. The Hall–Kier alpha value is -0.460. The molecule has 1 aliphatic rings. The highest BCUT2D eigenvalue weighted by molar-refractivity contribution is 4.80. The first-order chi connectivity index (χ1) is 2.89. The Balaban J connectivity index is 2.38. The largest absolute Gasteiger partial charge is 0.380 e. The highest BCUT2D eigenvalue weighted by Crippen LogP contribution is 1.96. The van der Waals surface area contributed by atoms with E-state index in [9.17, 15) is 0 Å². The van der Waals surface area contributed by atoms with Crippen molar-refractivity contribution in [3.8, 4) is 0 Å². The zero-order chi connectivity index (χ0) is 4.41. The third-order valence-corrected chi connectivity index (χ3v) is 0.921. The van der Waals surface area contributed by atoms with E-state index in [0.717, 1.165) is 13.0 Å². The fraction of sp³-hybridized carbons (Fsp3) is 0.600. The zero-order valence-corrected chi connectivity index (χ0v) is 3.94. The minimum absolute atomic E-state index is 1.11. The monoisotopic (exact) mass is 82.1 g/mol. The first-order valence-electron chi connectivity index (χ1n) is 2.16. The minimum Gasteiger partial charge on any atom is -0.380 e. The van der Waals surface area contributed by atoms with Gasteiger partial charge in [0.25, 0.3) is 0 Å². The lowest BCUT2D eigenvalue weighted by atomic mass is 10.5. The van der Waals surface area contributed by atoms with E-state index in [-0.39, 0.29) is 0 Å². The highest BCUT2D eigenvalue weighted by atomic mass is 15.1. The predicted molar refractivity (Wildman–Crippen MR) is 25.1 cm³/mol. The molecule has 0 atom stereocenters. The molecule has 0 aliphatic carbocycles. The molecule has 1 radical (unpaired) electrons. The van der Waals surface area contributed by atoms with Gasteiger partial charge in [0.05, 0.1) is 0 Å². The van der Waals surface area contributed by atoms with Crippen molar-refractivity contribution in [3.05, 3.63) is 12.3 Å². The average Bonchev–Trinajstić information content (AvgIpc) is 1.86. The summed E-state index contributed by atoms with van der Waals surface area (Å²) < 4.78 is 0. The van der Waals surface area contributed by atoms with E-state index in [0.29, 0.717) is 0 Å². The maximum absolute atomic E-state index is 3.07. The van der Waals surface area contributed by atoms with Crippen LogP contribution in [-0.4, -0.2) is 18.5 Å². The maximum atomic E-state index is 3.07. The molecule has 0 aromatic heterocycles. The van der Waals surface area contributed by atoms with Gasteiger partial charge in [-0.1, -0.05) is 0 Å². The molecule has 0 spiro atoms. The lowest BCUT2D eigenvalue weighted by Gasteiger charge is -2.02. The summed E-state index contributed by atoms with van der Waals surface area (Å²) in [5.41, 5.74) is 0. The Morgan fingerprint density at radius 2 is 2.67 bits per heavy atom. The van der Waals surface area contributed by atoms with Gasteiger partial charge in [0.2, 0.25) is 0 Å². The molecular weight excluding hydrogens is 74.1 g/mol. The fourth-order valence-corrected chi connectivity index (χ4v) is 0.526. The zero-order valence-electron chi connectivity index (χ0n) is 3.94. The van der Waals surface area contributed by atoms with Gasteiger partial charge in [-0.15, -0.1) is 0 Å². The van der Waals surface area contributed by atoms with Gasteiger partial charge in [-0.3, -0.25) is 0 Å². The SMILES string of the molecule is CN1C=[C]CC1. The van der Waals surface area contributed by atoms with Gasteiger partial charge in [0.15, 0.2) is 0 Å². The van der Waals surface area contributed by atoms with Crippen LogP contribution in [0, 0.1) is 6.08 Å². The minimum atomic E-state index is 1.11. The van der Waals surface area contributed by atoms with Crippen LogP contribution in [0.15, 0.2) is 6.20 Å². The Morgan fingerprint density at radius 1 is 1.83 bits per heavy atom.